The zero-order valence-electron chi connectivity index (χ0n) is 12.2. The molecular formula is C13H22N2O5S. The molecule has 0 radical (unpaired) electrons. The van der Waals surface area contributed by atoms with Gasteiger partial charge < -0.3 is 14.8 Å². The molecule has 8 heteroatoms. The summed E-state index contributed by atoms with van der Waals surface area (Å²) in [5.41, 5.74) is 0. The van der Waals surface area contributed by atoms with Crippen LogP contribution < -0.4 is 5.32 Å². The number of ether oxygens (including phenoxy) is 2. The van der Waals surface area contributed by atoms with Crippen LogP contribution in [-0.2, 0) is 23.9 Å². The topological polar surface area (TPSA) is 84.9 Å². The average molecular weight is 318 g/mol. The molecule has 7 nitrogen and oxygen atoms in total. The van der Waals surface area contributed by atoms with Crippen molar-refractivity contribution in [1.82, 2.24) is 10.2 Å². The summed E-state index contributed by atoms with van der Waals surface area (Å²) in [6.45, 7) is 4.17. The van der Waals surface area contributed by atoms with Crippen molar-refractivity contribution in [3.63, 3.8) is 0 Å². The first-order valence-electron chi connectivity index (χ1n) is 7.00. The minimum absolute atomic E-state index is 0.0517. The summed E-state index contributed by atoms with van der Waals surface area (Å²) >= 11 is 3.99. The van der Waals surface area contributed by atoms with E-state index in [0.717, 1.165) is 11.3 Å². The second-order valence-corrected chi connectivity index (χ2v) is 5.24. The van der Waals surface area contributed by atoms with E-state index in [4.69, 9.17) is 9.47 Å². The number of thiol groups is 1. The summed E-state index contributed by atoms with van der Waals surface area (Å²) in [5.74, 6) is -1.16. The average Bonchev–Trinajstić information content (AvgIpc) is 2.68. The van der Waals surface area contributed by atoms with Crippen molar-refractivity contribution >= 4 is 30.4 Å². The van der Waals surface area contributed by atoms with Crippen molar-refractivity contribution in [3.05, 3.63) is 0 Å². The standard InChI is InChI=1S/C13H22N2O5S/c1-2-4-19-6-7-20-5-3-14-11(16)9-15-12(17)8-10(21)13(15)18/h10,21H,2-9H2,1H3,(H,14,16). The Balaban J connectivity index is 2.07. The van der Waals surface area contributed by atoms with E-state index in [1.165, 1.54) is 0 Å². The Labute approximate surface area is 129 Å². The lowest BCUT2D eigenvalue weighted by Crippen LogP contribution is -2.41. The predicted octanol–water partition coefficient (Wildman–Crippen LogP) is -0.397. The number of rotatable bonds is 10. The highest BCUT2D eigenvalue weighted by Gasteiger charge is 2.37. The zero-order valence-corrected chi connectivity index (χ0v) is 13.1. The second-order valence-electron chi connectivity index (χ2n) is 4.61. The fourth-order valence-electron chi connectivity index (χ4n) is 1.76. The molecule has 0 spiro atoms. The molecule has 1 heterocycles. The van der Waals surface area contributed by atoms with Crippen molar-refractivity contribution in [3.8, 4) is 0 Å². The lowest BCUT2D eigenvalue weighted by Gasteiger charge is -2.13. The van der Waals surface area contributed by atoms with Gasteiger partial charge in [-0.15, -0.1) is 0 Å². The zero-order chi connectivity index (χ0) is 15.7. The van der Waals surface area contributed by atoms with Crippen LogP contribution in [0.2, 0.25) is 0 Å². The number of hydrogen-bond acceptors (Lipinski definition) is 6. The van der Waals surface area contributed by atoms with Crippen LogP contribution in [-0.4, -0.2) is 67.4 Å². The van der Waals surface area contributed by atoms with Gasteiger partial charge in [0.2, 0.25) is 17.7 Å². The first-order chi connectivity index (χ1) is 10.1. The molecule has 21 heavy (non-hydrogen) atoms. The maximum atomic E-state index is 11.6. The van der Waals surface area contributed by atoms with E-state index in [-0.39, 0.29) is 24.8 Å². The van der Waals surface area contributed by atoms with Gasteiger partial charge in [-0.1, -0.05) is 6.92 Å². The Morgan fingerprint density at radius 3 is 2.52 bits per heavy atom. The van der Waals surface area contributed by atoms with Gasteiger partial charge in [-0.05, 0) is 6.42 Å². The van der Waals surface area contributed by atoms with Crippen LogP contribution in [0.15, 0.2) is 0 Å². The molecule has 1 fully saturated rings. The number of imide groups is 1. The third-order valence-electron chi connectivity index (χ3n) is 2.81. The van der Waals surface area contributed by atoms with Crippen LogP contribution in [0, 0.1) is 0 Å². The van der Waals surface area contributed by atoms with Gasteiger partial charge in [-0.25, -0.2) is 0 Å². The van der Waals surface area contributed by atoms with E-state index in [9.17, 15) is 14.4 Å². The molecule has 1 unspecified atom stereocenters. The molecule has 1 rings (SSSR count). The summed E-state index contributed by atoms with van der Waals surface area (Å²) in [7, 11) is 0. The Morgan fingerprint density at radius 1 is 1.29 bits per heavy atom. The highest BCUT2D eigenvalue weighted by molar-refractivity contribution is 7.81. The Bertz CT molecular complexity index is 378. The van der Waals surface area contributed by atoms with Crippen LogP contribution in [0.4, 0.5) is 0 Å². The lowest BCUT2D eigenvalue weighted by atomic mass is 10.4. The number of hydrogen-bond donors (Lipinski definition) is 2. The van der Waals surface area contributed by atoms with Crippen LogP contribution >= 0.6 is 12.6 Å². The van der Waals surface area contributed by atoms with E-state index < -0.39 is 11.2 Å². The van der Waals surface area contributed by atoms with Crippen LogP contribution in [0.3, 0.4) is 0 Å². The van der Waals surface area contributed by atoms with E-state index in [1.54, 1.807) is 0 Å². The third kappa shape index (κ3) is 6.45. The lowest BCUT2D eigenvalue weighted by molar-refractivity contribution is -0.142. The van der Waals surface area contributed by atoms with Gasteiger partial charge >= 0.3 is 0 Å². The van der Waals surface area contributed by atoms with Crippen LogP contribution in [0.5, 0.6) is 0 Å². The van der Waals surface area contributed by atoms with Crippen molar-refractivity contribution in [2.75, 3.05) is 39.5 Å². The van der Waals surface area contributed by atoms with Gasteiger partial charge in [0.25, 0.3) is 0 Å². The SMILES string of the molecule is CCCOCCOCCNC(=O)CN1C(=O)CC(S)C1=O. The Morgan fingerprint density at radius 2 is 1.95 bits per heavy atom. The molecule has 1 aliphatic heterocycles. The Kier molecular flexibility index (Phi) is 8.33. The number of carbonyl (C=O) groups excluding carboxylic acids is 3. The summed E-state index contributed by atoms with van der Waals surface area (Å²) in [4.78, 5) is 35.6. The highest BCUT2D eigenvalue weighted by atomic mass is 32.1. The number of carbonyl (C=O) groups is 3. The van der Waals surface area contributed by atoms with Crippen molar-refractivity contribution in [1.29, 1.82) is 0 Å². The number of nitrogens with zero attached hydrogens (tertiary/aromatic N) is 1. The van der Waals surface area contributed by atoms with Gasteiger partial charge in [0.15, 0.2) is 0 Å². The third-order valence-corrected chi connectivity index (χ3v) is 3.21. The molecule has 0 aromatic heterocycles. The monoisotopic (exact) mass is 318 g/mol. The van der Waals surface area contributed by atoms with Gasteiger partial charge in [0, 0.05) is 19.6 Å². The first kappa shape index (κ1) is 17.9. The predicted molar refractivity (Wildman–Crippen MR) is 79.0 cm³/mol. The summed E-state index contributed by atoms with van der Waals surface area (Å²) < 4.78 is 10.5. The van der Waals surface area contributed by atoms with Gasteiger partial charge in [-0.3, -0.25) is 19.3 Å². The molecule has 1 N–H and O–H groups in total. The summed E-state index contributed by atoms with van der Waals surface area (Å²) in [5, 5.41) is 1.96. The number of likely N-dealkylation sites (tertiary alicyclic amines) is 1. The molecular weight excluding hydrogens is 296 g/mol. The summed E-state index contributed by atoms with van der Waals surface area (Å²) in [6, 6.07) is 0. The minimum Gasteiger partial charge on any atom is -0.379 e. The molecule has 0 bridgehead atoms. The maximum absolute atomic E-state index is 11.6. The van der Waals surface area contributed by atoms with E-state index >= 15 is 0 Å². The number of nitrogens with one attached hydrogen (secondary N) is 1. The van der Waals surface area contributed by atoms with Crippen LogP contribution in [0.25, 0.3) is 0 Å². The molecule has 120 valence electrons. The van der Waals surface area contributed by atoms with Crippen molar-refractivity contribution in [2.24, 2.45) is 0 Å². The molecule has 1 atom stereocenters. The quantitative estimate of drug-likeness (QED) is 0.325. The smallest absolute Gasteiger partial charge is 0.243 e. The normalized spacial score (nSPS) is 18.4. The molecule has 0 aromatic carbocycles. The molecule has 1 saturated heterocycles. The Hall–Kier alpha value is -1.12. The molecule has 0 saturated carbocycles. The molecule has 0 aromatic rings. The highest BCUT2D eigenvalue weighted by Crippen LogP contribution is 2.16. The second kappa shape index (κ2) is 9.75. The van der Waals surface area contributed by atoms with Gasteiger partial charge in [-0.2, -0.15) is 12.6 Å². The summed E-state index contributed by atoms with van der Waals surface area (Å²) in [6.07, 6.45) is 1.02. The fourth-order valence-corrected chi connectivity index (χ4v) is 2.06. The van der Waals surface area contributed by atoms with Crippen LogP contribution in [0.1, 0.15) is 19.8 Å². The first-order valence-corrected chi connectivity index (χ1v) is 7.52. The fraction of sp³-hybridized carbons (Fsp3) is 0.769. The van der Waals surface area contributed by atoms with Gasteiger partial charge in [0.05, 0.1) is 25.1 Å². The number of amides is 3. The van der Waals surface area contributed by atoms with E-state index in [1.807, 2.05) is 6.92 Å². The largest absolute Gasteiger partial charge is 0.379 e. The van der Waals surface area contributed by atoms with E-state index in [2.05, 4.69) is 17.9 Å². The maximum Gasteiger partial charge on any atom is 0.243 e. The molecule has 1 aliphatic rings. The molecule has 3 amide bonds. The minimum atomic E-state index is -0.628. The van der Waals surface area contributed by atoms with E-state index in [0.29, 0.717) is 33.0 Å². The van der Waals surface area contributed by atoms with Crippen molar-refractivity contribution in [2.45, 2.75) is 25.0 Å². The molecule has 0 aliphatic carbocycles. The van der Waals surface area contributed by atoms with Gasteiger partial charge in [0.1, 0.15) is 6.54 Å². The van der Waals surface area contributed by atoms with Crippen molar-refractivity contribution < 1.29 is 23.9 Å².